The largest absolute Gasteiger partial charge is 0.457 e. The van der Waals surface area contributed by atoms with Gasteiger partial charge in [0.1, 0.15) is 17.2 Å². The molecule has 4 rings (SSSR count). The minimum Gasteiger partial charge on any atom is -0.457 e. The van der Waals surface area contributed by atoms with Gasteiger partial charge in [0.15, 0.2) is 0 Å². The third kappa shape index (κ3) is 6.12. The first-order valence-corrected chi connectivity index (χ1v) is 11.2. The molecule has 0 atom stereocenters. The zero-order valence-corrected chi connectivity index (χ0v) is 19.4. The van der Waals surface area contributed by atoms with E-state index >= 15 is 0 Å². The van der Waals surface area contributed by atoms with Gasteiger partial charge in [0.25, 0.3) is 17.5 Å². The molecular formula is C28H23N3O5. The highest BCUT2D eigenvalue weighted by Gasteiger charge is 2.16. The predicted molar refractivity (Wildman–Crippen MR) is 136 cm³/mol. The fraction of sp³-hybridized carbons (Fsp3) is 0.0714. The molecule has 0 spiro atoms. The molecule has 3 aromatic carbocycles. The van der Waals surface area contributed by atoms with E-state index in [1.54, 1.807) is 54.6 Å². The number of aryl methyl sites for hydroxylation is 1. The number of carbonyl (C=O) groups excluding carboxylic acids is 2. The van der Waals surface area contributed by atoms with E-state index in [-0.39, 0.29) is 17.9 Å². The normalized spacial score (nSPS) is 11.1. The Labute approximate surface area is 207 Å². The van der Waals surface area contributed by atoms with E-state index in [4.69, 9.17) is 4.42 Å². The molecule has 1 aromatic heterocycles. The van der Waals surface area contributed by atoms with E-state index in [1.165, 1.54) is 18.2 Å². The van der Waals surface area contributed by atoms with E-state index in [2.05, 4.69) is 10.6 Å². The number of benzene rings is 3. The quantitative estimate of drug-likeness (QED) is 0.203. The van der Waals surface area contributed by atoms with Gasteiger partial charge in [-0.1, -0.05) is 60.2 Å². The van der Waals surface area contributed by atoms with Crippen LogP contribution in [0.2, 0.25) is 0 Å². The van der Waals surface area contributed by atoms with Crippen molar-refractivity contribution >= 4 is 23.6 Å². The third-order valence-electron chi connectivity index (χ3n) is 5.36. The van der Waals surface area contributed by atoms with Gasteiger partial charge in [0, 0.05) is 35.9 Å². The molecule has 0 radical (unpaired) electrons. The van der Waals surface area contributed by atoms with Crippen molar-refractivity contribution in [2.24, 2.45) is 0 Å². The molecule has 0 aliphatic carbocycles. The van der Waals surface area contributed by atoms with Crippen molar-refractivity contribution in [3.05, 3.63) is 129 Å². The molecule has 8 nitrogen and oxygen atoms in total. The predicted octanol–water partition coefficient (Wildman–Crippen LogP) is 5.25. The van der Waals surface area contributed by atoms with Crippen LogP contribution >= 0.6 is 0 Å². The van der Waals surface area contributed by atoms with Crippen LogP contribution in [0.25, 0.3) is 17.4 Å². The number of nitrogens with one attached hydrogen (secondary N) is 2. The molecule has 36 heavy (non-hydrogen) atoms. The Morgan fingerprint density at radius 1 is 0.944 bits per heavy atom. The number of amides is 2. The van der Waals surface area contributed by atoms with Gasteiger partial charge in [-0.05, 0) is 36.8 Å². The summed E-state index contributed by atoms with van der Waals surface area (Å²) in [4.78, 5) is 36.4. The molecule has 8 heteroatoms. The summed E-state index contributed by atoms with van der Waals surface area (Å²) in [7, 11) is 0. The fourth-order valence-electron chi connectivity index (χ4n) is 3.43. The standard InChI is InChI=1S/C28H23N3O5/c1-19-10-12-20(13-11-19)18-29-28(33)25(30-27(32)21-6-3-2-4-7-21)17-24-14-15-26(36-24)22-8-5-9-23(16-22)31(34)35/h2-17H,18H2,1H3,(H,29,33)(H,30,32)/b25-17+. The van der Waals surface area contributed by atoms with Crippen LogP contribution in [-0.2, 0) is 11.3 Å². The average molecular weight is 482 g/mol. The van der Waals surface area contributed by atoms with Gasteiger partial charge in [-0.25, -0.2) is 0 Å². The lowest BCUT2D eigenvalue weighted by atomic mass is 10.1. The fourth-order valence-corrected chi connectivity index (χ4v) is 3.43. The molecule has 0 bridgehead atoms. The highest BCUT2D eigenvalue weighted by molar-refractivity contribution is 6.05. The molecule has 4 aromatic rings. The highest BCUT2D eigenvalue weighted by atomic mass is 16.6. The van der Waals surface area contributed by atoms with Crippen LogP contribution in [0.4, 0.5) is 5.69 Å². The van der Waals surface area contributed by atoms with Gasteiger partial charge in [0.05, 0.1) is 4.92 Å². The molecule has 0 aliphatic heterocycles. The molecular weight excluding hydrogens is 458 g/mol. The van der Waals surface area contributed by atoms with Gasteiger partial charge < -0.3 is 15.1 Å². The second-order valence-electron chi connectivity index (χ2n) is 8.06. The Morgan fingerprint density at radius 2 is 1.69 bits per heavy atom. The number of carbonyl (C=O) groups is 2. The van der Waals surface area contributed by atoms with Gasteiger partial charge in [-0.15, -0.1) is 0 Å². The van der Waals surface area contributed by atoms with Crippen molar-refractivity contribution in [1.29, 1.82) is 0 Å². The van der Waals surface area contributed by atoms with Crippen LogP contribution in [0.15, 0.2) is 101 Å². The minimum absolute atomic E-state index is 0.00379. The van der Waals surface area contributed by atoms with Crippen LogP contribution < -0.4 is 10.6 Å². The summed E-state index contributed by atoms with van der Waals surface area (Å²) in [6.45, 7) is 2.25. The Morgan fingerprint density at radius 3 is 2.42 bits per heavy atom. The van der Waals surface area contributed by atoms with Crippen molar-refractivity contribution < 1.29 is 18.9 Å². The Bertz CT molecular complexity index is 1420. The van der Waals surface area contributed by atoms with Crippen molar-refractivity contribution in [1.82, 2.24) is 10.6 Å². The molecule has 0 saturated carbocycles. The number of rotatable bonds is 8. The number of hydrogen-bond acceptors (Lipinski definition) is 5. The summed E-state index contributed by atoms with van der Waals surface area (Å²) >= 11 is 0. The van der Waals surface area contributed by atoms with Gasteiger partial charge >= 0.3 is 0 Å². The maximum atomic E-state index is 13.0. The van der Waals surface area contributed by atoms with E-state index in [1.807, 2.05) is 31.2 Å². The molecule has 2 amide bonds. The highest BCUT2D eigenvalue weighted by Crippen LogP contribution is 2.26. The number of nitrogens with zero attached hydrogens (tertiary/aromatic N) is 1. The minimum atomic E-state index is -0.492. The van der Waals surface area contributed by atoms with Crippen LogP contribution in [0.5, 0.6) is 0 Å². The molecule has 1 heterocycles. The summed E-state index contributed by atoms with van der Waals surface area (Å²) in [5, 5.41) is 16.6. The second kappa shape index (κ2) is 11.0. The van der Waals surface area contributed by atoms with Crippen molar-refractivity contribution in [2.75, 3.05) is 0 Å². The van der Waals surface area contributed by atoms with Crippen molar-refractivity contribution in [3.8, 4) is 11.3 Å². The average Bonchev–Trinajstić information content (AvgIpc) is 3.37. The maximum absolute atomic E-state index is 13.0. The van der Waals surface area contributed by atoms with Crippen molar-refractivity contribution in [3.63, 3.8) is 0 Å². The molecule has 2 N–H and O–H groups in total. The Kier molecular flexibility index (Phi) is 7.36. The first-order chi connectivity index (χ1) is 17.4. The zero-order chi connectivity index (χ0) is 25.5. The summed E-state index contributed by atoms with van der Waals surface area (Å²) in [5.41, 5.74) is 2.86. The number of nitro groups is 1. The van der Waals surface area contributed by atoms with Crippen LogP contribution in [-0.4, -0.2) is 16.7 Å². The van der Waals surface area contributed by atoms with Gasteiger partial charge in [0.2, 0.25) is 0 Å². The van der Waals surface area contributed by atoms with Crippen LogP contribution in [0.1, 0.15) is 27.2 Å². The molecule has 0 saturated heterocycles. The smallest absolute Gasteiger partial charge is 0.270 e. The first-order valence-electron chi connectivity index (χ1n) is 11.2. The molecule has 0 fully saturated rings. The van der Waals surface area contributed by atoms with E-state index in [0.717, 1.165) is 11.1 Å². The first kappa shape index (κ1) is 24.2. The number of furan rings is 1. The maximum Gasteiger partial charge on any atom is 0.270 e. The number of hydrogen-bond donors (Lipinski definition) is 2. The molecule has 0 unspecified atom stereocenters. The van der Waals surface area contributed by atoms with E-state index < -0.39 is 16.7 Å². The lowest BCUT2D eigenvalue weighted by molar-refractivity contribution is -0.384. The molecule has 0 aliphatic rings. The summed E-state index contributed by atoms with van der Waals surface area (Å²) in [6, 6.07) is 25.6. The van der Waals surface area contributed by atoms with E-state index in [0.29, 0.717) is 22.6 Å². The SMILES string of the molecule is Cc1ccc(CNC(=O)/C(=C\c2ccc(-c3cccc([N+](=O)[O-])c3)o2)NC(=O)c2ccccc2)cc1. The third-order valence-corrected chi connectivity index (χ3v) is 5.36. The Balaban J connectivity index is 1.58. The van der Waals surface area contributed by atoms with E-state index in [9.17, 15) is 19.7 Å². The lowest BCUT2D eigenvalue weighted by Gasteiger charge is -2.11. The second-order valence-corrected chi connectivity index (χ2v) is 8.06. The zero-order valence-electron chi connectivity index (χ0n) is 19.4. The lowest BCUT2D eigenvalue weighted by Crippen LogP contribution is -2.34. The summed E-state index contributed by atoms with van der Waals surface area (Å²) < 4.78 is 5.82. The van der Waals surface area contributed by atoms with Crippen LogP contribution in [0.3, 0.4) is 0 Å². The number of nitro benzene ring substituents is 1. The van der Waals surface area contributed by atoms with Gasteiger partial charge in [-0.3, -0.25) is 19.7 Å². The summed E-state index contributed by atoms with van der Waals surface area (Å²) in [6.07, 6.45) is 1.42. The monoisotopic (exact) mass is 481 g/mol. The van der Waals surface area contributed by atoms with Gasteiger partial charge in [-0.2, -0.15) is 0 Å². The van der Waals surface area contributed by atoms with Crippen LogP contribution in [0, 0.1) is 17.0 Å². The number of non-ortho nitro benzene ring substituents is 1. The topological polar surface area (TPSA) is 114 Å². The Hall–Kier alpha value is -4.98. The summed E-state index contributed by atoms with van der Waals surface area (Å²) in [5.74, 6) is -0.255. The molecule has 180 valence electrons. The van der Waals surface area contributed by atoms with Crippen molar-refractivity contribution in [2.45, 2.75) is 13.5 Å².